The lowest BCUT2D eigenvalue weighted by molar-refractivity contribution is -0.131. The van der Waals surface area contributed by atoms with Crippen LogP contribution < -0.4 is 0 Å². The molecule has 14 heavy (non-hydrogen) atoms. The predicted octanol–water partition coefficient (Wildman–Crippen LogP) is 2.90. The molecule has 1 aromatic carbocycles. The Balaban J connectivity index is 1.96. The van der Waals surface area contributed by atoms with Gasteiger partial charge in [-0.15, -0.1) is 0 Å². The number of hydrogen-bond acceptors (Lipinski definition) is 2. The van der Waals surface area contributed by atoms with E-state index in [1.54, 1.807) is 0 Å². The molecule has 2 atom stereocenters. The maximum Gasteiger partial charge on any atom is 0.158 e. The molecule has 1 aliphatic heterocycles. The van der Waals surface area contributed by atoms with Crippen molar-refractivity contribution in [3.63, 3.8) is 0 Å². The van der Waals surface area contributed by atoms with Crippen molar-refractivity contribution in [2.24, 2.45) is 0 Å². The summed E-state index contributed by atoms with van der Waals surface area (Å²) in [6.07, 6.45) is 2.31. The Morgan fingerprint density at radius 1 is 1.29 bits per heavy atom. The van der Waals surface area contributed by atoms with Crippen LogP contribution in [0.2, 0.25) is 0 Å². The van der Waals surface area contributed by atoms with Crippen LogP contribution in [0.25, 0.3) is 0 Å². The summed E-state index contributed by atoms with van der Waals surface area (Å²) in [6, 6.07) is 10.3. The van der Waals surface area contributed by atoms with Gasteiger partial charge in [0.25, 0.3) is 0 Å². The lowest BCUT2D eigenvalue weighted by Crippen LogP contribution is -2.10. The van der Waals surface area contributed by atoms with Gasteiger partial charge in [-0.25, -0.2) is 0 Å². The largest absolute Gasteiger partial charge is 0.353 e. The van der Waals surface area contributed by atoms with E-state index in [1.165, 1.54) is 5.56 Å². The minimum atomic E-state index is 0.00482. The van der Waals surface area contributed by atoms with Crippen molar-refractivity contribution in [3.8, 4) is 0 Å². The number of hydrogen-bond donors (Lipinski definition) is 0. The summed E-state index contributed by atoms with van der Waals surface area (Å²) < 4.78 is 11.2. The Labute approximate surface area is 84.8 Å². The van der Waals surface area contributed by atoms with Crippen molar-refractivity contribution in [2.45, 2.75) is 32.2 Å². The Morgan fingerprint density at radius 2 is 2.07 bits per heavy atom. The first kappa shape index (κ1) is 9.69. The standard InChI is InChI=1S/C12H16O2/c1-2-13-12-9-8-11(14-12)10-6-4-3-5-7-10/h3-7,11-12H,2,8-9H2,1H3/t11-,12+/m1/s1. The molecule has 0 aromatic heterocycles. The smallest absolute Gasteiger partial charge is 0.158 e. The molecule has 2 nitrogen and oxygen atoms in total. The van der Waals surface area contributed by atoms with Gasteiger partial charge in [-0.2, -0.15) is 0 Å². The Kier molecular flexibility index (Phi) is 3.17. The normalized spacial score (nSPS) is 26.6. The highest BCUT2D eigenvalue weighted by molar-refractivity contribution is 5.18. The van der Waals surface area contributed by atoms with Gasteiger partial charge in [0.2, 0.25) is 0 Å². The van der Waals surface area contributed by atoms with Crippen molar-refractivity contribution >= 4 is 0 Å². The second-order valence-electron chi connectivity index (χ2n) is 3.50. The summed E-state index contributed by atoms with van der Waals surface area (Å²) in [5, 5.41) is 0. The zero-order valence-electron chi connectivity index (χ0n) is 8.48. The molecule has 1 saturated heterocycles. The van der Waals surface area contributed by atoms with E-state index in [2.05, 4.69) is 12.1 Å². The van der Waals surface area contributed by atoms with Gasteiger partial charge in [0.05, 0.1) is 6.10 Å². The molecule has 0 radical (unpaired) electrons. The van der Waals surface area contributed by atoms with E-state index in [1.807, 2.05) is 25.1 Å². The summed E-state index contributed by atoms with van der Waals surface area (Å²) in [6.45, 7) is 2.73. The van der Waals surface area contributed by atoms with Gasteiger partial charge >= 0.3 is 0 Å². The van der Waals surface area contributed by atoms with Crippen molar-refractivity contribution < 1.29 is 9.47 Å². The fraction of sp³-hybridized carbons (Fsp3) is 0.500. The van der Waals surface area contributed by atoms with Crippen molar-refractivity contribution in [2.75, 3.05) is 6.61 Å². The second kappa shape index (κ2) is 4.58. The third kappa shape index (κ3) is 2.14. The maximum atomic E-state index is 5.77. The first-order valence-corrected chi connectivity index (χ1v) is 5.22. The van der Waals surface area contributed by atoms with Crippen molar-refractivity contribution in [1.29, 1.82) is 0 Å². The van der Waals surface area contributed by atoms with Gasteiger partial charge in [-0.1, -0.05) is 30.3 Å². The number of benzene rings is 1. The summed E-state index contributed by atoms with van der Waals surface area (Å²) in [7, 11) is 0. The molecule has 0 bridgehead atoms. The Morgan fingerprint density at radius 3 is 2.79 bits per heavy atom. The molecule has 1 fully saturated rings. The minimum absolute atomic E-state index is 0.00482. The molecule has 0 N–H and O–H groups in total. The zero-order valence-corrected chi connectivity index (χ0v) is 8.48. The lowest BCUT2D eigenvalue weighted by atomic mass is 10.1. The molecule has 1 aromatic rings. The summed E-state index contributed by atoms with van der Waals surface area (Å²) in [5.74, 6) is 0. The quantitative estimate of drug-likeness (QED) is 0.733. The van der Waals surface area contributed by atoms with Crippen molar-refractivity contribution in [3.05, 3.63) is 35.9 Å². The summed E-state index contributed by atoms with van der Waals surface area (Å²) in [5.41, 5.74) is 1.26. The molecule has 1 aliphatic rings. The molecule has 0 aliphatic carbocycles. The zero-order chi connectivity index (χ0) is 9.80. The molecule has 0 spiro atoms. The molecule has 2 heteroatoms. The van der Waals surface area contributed by atoms with E-state index < -0.39 is 0 Å². The molecule has 0 amide bonds. The van der Waals surface area contributed by atoms with Crippen LogP contribution in [0.3, 0.4) is 0 Å². The number of ether oxygens (including phenoxy) is 2. The lowest BCUT2D eigenvalue weighted by Gasteiger charge is -2.13. The molecular weight excluding hydrogens is 176 g/mol. The first-order valence-electron chi connectivity index (χ1n) is 5.22. The van der Waals surface area contributed by atoms with Gasteiger partial charge in [0.15, 0.2) is 6.29 Å². The van der Waals surface area contributed by atoms with Crippen LogP contribution >= 0.6 is 0 Å². The summed E-state index contributed by atoms with van der Waals surface area (Å²) in [4.78, 5) is 0. The van der Waals surface area contributed by atoms with Gasteiger partial charge in [0.1, 0.15) is 0 Å². The van der Waals surface area contributed by atoms with E-state index in [-0.39, 0.29) is 12.4 Å². The van der Waals surface area contributed by atoms with Crippen LogP contribution in [0.1, 0.15) is 31.4 Å². The monoisotopic (exact) mass is 192 g/mol. The van der Waals surface area contributed by atoms with E-state index in [0.29, 0.717) is 0 Å². The van der Waals surface area contributed by atoms with Crippen LogP contribution in [0.15, 0.2) is 30.3 Å². The van der Waals surface area contributed by atoms with Crippen LogP contribution in [0.5, 0.6) is 0 Å². The second-order valence-corrected chi connectivity index (χ2v) is 3.50. The highest BCUT2D eigenvalue weighted by Gasteiger charge is 2.26. The fourth-order valence-corrected chi connectivity index (χ4v) is 1.83. The maximum absolute atomic E-state index is 5.77. The van der Waals surface area contributed by atoms with Crippen LogP contribution in [-0.4, -0.2) is 12.9 Å². The molecule has 0 unspecified atom stereocenters. The first-order chi connectivity index (χ1) is 6.90. The number of rotatable bonds is 3. The third-order valence-corrected chi connectivity index (χ3v) is 2.50. The molecule has 0 saturated carbocycles. The van der Waals surface area contributed by atoms with E-state index in [0.717, 1.165) is 19.4 Å². The molecular formula is C12H16O2. The van der Waals surface area contributed by atoms with Crippen LogP contribution in [0.4, 0.5) is 0 Å². The van der Waals surface area contributed by atoms with Gasteiger partial charge in [0, 0.05) is 13.0 Å². The minimum Gasteiger partial charge on any atom is -0.353 e. The van der Waals surface area contributed by atoms with Gasteiger partial charge < -0.3 is 9.47 Å². The Bertz CT molecular complexity index is 271. The Hall–Kier alpha value is -0.860. The average Bonchev–Trinajstić information content (AvgIpc) is 2.68. The van der Waals surface area contributed by atoms with Gasteiger partial charge in [-0.3, -0.25) is 0 Å². The highest BCUT2D eigenvalue weighted by atomic mass is 16.7. The van der Waals surface area contributed by atoms with Crippen molar-refractivity contribution in [1.82, 2.24) is 0 Å². The SMILES string of the molecule is CCO[C@@H]1CC[C@H](c2ccccc2)O1. The summed E-state index contributed by atoms with van der Waals surface area (Å²) >= 11 is 0. The van der Waals surface area contributed by atoms with Crippen LogP contribution in [0, 0.1) is 0 Å². The molecule has 2 rings (SSSR count). The topological polar surface area (TPSA) is 18.5 Å². The molecule has 1 heterocycles. The third-order valence-electron chi connectivity index (χ3n) is 2.50. The fourth-order valence-electron chi connectivity index (χ4n) is 1.83. The van der Waals surface area contributed by atoms with E-state index in [9.17, 15) is 0 Å². The van der Waals surface area contributed by atoms with E-state index in [4.69, 9.17) is 9.47 Å². The van der Waals surface area contributed by atoms with E-state index >= 15 is 0 Å². The predicted molar refractivity (Wildman–Crippen MR) is 54.9 cm³/mol. The average molecular weight is 192 g/mol. The van der Waals surface area contributed by atoms with Crippen LogP contribution in [-0.2, 0) is 9.47 Å². The highest BCUT2D eigenvalue weighted by Crippen LogP contribution is 2.32. The van der Waals surface area contributed by atoms with Gasteiger partial charge in [-0.05, 0) is 18.9 Å². The molecule has 76 valence electrons.